The molecule has 1 N–H and O–H groups in total. The Morgan fingerprint density at radius 3 is 2.92 bits per heavy atom. The van der Waals surface area contributed by atoms with Crippen molar-refractivity contribution >= 4 is 5.97 Å². The lowest BCUT2D eigenvalue weighted by molar-refractivity contribution is 0.0592. The van der Waals surface area contributed by atoms with Crippen LogP contribution in [0.25, 0.3) is 0 Å². The van der Waals surface area contributed by atoms with Crippen molar-refractivity contribution in [1.82, 2.24) is 24.9 Å². The number of aromatic nitrogens is 3. The molecule has 0 bridgehead atoms. The number of esters is 1. The van der Waals surface area contributed by atoms with Crippen molar-refractivity contribution in [2.24, 2.45) is 0 Å². The maximum absolute atomic E-state index is 11.7. The van der Waals surface area contributed by atoms with E-state index in [9.17, 15) is 4.79 Å². The molecular weight excluding hydrogens is 310 g/mol. The Morgan fingerprint density at radius 2 is 2.25 bits per heavy atom. The van der Waals surface area contributed by atoms with Gasteiger partial charge in [0.2, 0.25) is 5.89 Å². The fraction of sp³-hybridized carbons (Fsp3) is 0.562. The van der Waals surface area contributed by atoms with E-state index in [1.165, 1.54) is 7.11 Å². The molecule has 0 amide bonds. The van der Waals surface area contributed by atoms with Gasteiger partial charge < -0.3 is 14.2 Å². The van der Waals surface area contributed by atoms with Crippen LogP contribution in [0.4, 0.5) is 0 Å². The first-order valence-corrected chi connectivity index (χ1v) is 7.97. The van der Waals surface area contributed by atoms with E-state index in [0.29, 0.717) is 17.4 Å². The van der Waals surface area contributed by atoms with Crippen LogP contribution in [0.3, 0.4) is 0 Å². The van der Waals surface area contributed by atoms with E-state index < -0.39 is 0 Å². The number of piperazine rings is 1. The lowest BCUT2D eigenvalue weighted by Gasteiger charge is -2.37. The number of hydrogen-bond donors (Lipinski definition) is 1. The first-order chi connectivity index (χ1) is 11.5. The Labute approximate surface area is 140 Å². The van der Waals surface area contributed by atoms with Gasteiger partial charge in [-0.1, -0.05) is 5.16 Å². The van der Waals surface area contributed by atoms with Gasteiger partial charge in [-0.15, -0.1) is 0 Å². The third-order valence-corrected chi connectivity index (χ3v) is 4.41. The molecule has 1 unspecified atom stereocenters. The quantitative estimate of drug-likeness (QED) is 0.844. The average Bonchev–Trinajstić information content (AvgIpc) is 3.14. The summed E-state index contributed by atoms with van der Waals surface area (Å²) in [6.45, 7) is 7.10. The molecule has 1 saturated heterocycles. The number of ether oxygens (including phenoxy) is 1. The van der Waals surface area contributed by atoms with Crippen molar-refractivity contribution in [3.63, 3.8) is 0 Å². The van der Waals surface area contributed by atoms with E-state index in [1.54, 1.807) is 0 Å². The maximum Gasteiger partial charge on any atom is 0.354 e. The average molecular weight is 333 g/mol. The van der Waals surface area contributed by atoms with Gasteiger partial charge >= 0.3 is 5.97 Å². The summed E-state index contributed by atoms with van der Waals surface area (Å²) in [6.07, 6.45) is 0. The summed E-state index contributed by atoms with van der Waals surface area (Å²) in [6, 6.07) is 2.08. The van der Waals surface area contributed by atoms with Gasteiger partial charge in [-0.05, 0) is 32.5 Å². The molecule has 0 radical (unpaired) electrons. The highest BCUT2D eigenvalue weighted by molar-refractivity contribution is 5.89. The van der Waals surface area contributed by atoms with Crippen molar-refractivity contribution in [2.45, 2.75) is 26.4 Å². The number of aromatic amines is 1. The molecule has 3 heterocycles. The van der Waals surface area contributed by atoms with E-state index in [4.69, 9.17) is 9.26 Å². The zero-order valence-electron chi connectivity index (χ0n) is 14.5. The molecular formula is C16H23N5O3. The molecule has 24 heavy (non-hydrogen) atoms. The van der Waals surface area contributed by atoms with Crippen molar-refractivity contribution in [3.05, 3.63) is 34.7 Å². The molecule has 1 aliphatic heterocycles. The number of nitrogens with zero attached hydrogens (tertiary/aromatic N) is 4. The molecule has 0 aromatic carbocycles. The summed E-state index contributed by atoms with van der Waals surface area (Å²) < 4.78 is 10.1. The van der Waals surface area contributed by atoms with Gasteiger partial charge in [0, 0.05) is 31.9 Å². The summed E-state index contributed by atoms with van der Waals surface area (Å²) in [4.78, 5) is 23.8. The number of likely N-dealkylation sites (N-methyl/N-ethyl adjacent to an activating group) is 1. The number of methoxy groups -OCH3 is 1. The Morgan fingerprint density at radius 1 is 1.46 bits per heavy atom. The molecule has 1 aliphatic rings. The topological polar surface area (TPSA) is 87.5 Å². The van der Waals surface area contributed by atoms with Gasteiger partial charge in [0.15, 0.2) is 5.82 Å². The van der Waals surface area contributed by atoms with Gasteiger partial charge in [0.25, 0.3) is 0 Å². The summed E-state index contributed by atoms with van der Waals surface area (Å²) in [5.41, 5.74) is 2.42. The lowest BCUT2D eigenvalue weighted by atomic mass is 10.1. The van der Waals surface area contributed by atoms with Crippen LogP contribution in [0.5, 0.6) is 0 Å². The third kappa shape index (κ3) is 3.34. The van der Waals surface area contributed by atoms with Crippen LogP contribution >= 0.6 is 0 Å². The highest BCUT2D eigenvalue weighted by atomic mass is 16.5. The fourth-order valence-electron chi connectivity index (χ4n) is 3.06. The first-order valence-electron chi connectivity index (χ1n) is 7.97. The van der Waals surface area contributed by atoms with Crippen LogP contribution in [0.2, 0.25) is 0 Å². The van der Waals surface area contributed by atoms with Gasteiger partial charge in [-0.3, -0.25) is 9.80 Å². The van der Waals surface area contributed by atoms with Gasteiger partial charge in [0.05, 0.1) is 7.11 Å². The maximum atomic E-state index is 11.7. The number of carbonyl (C=O) groups excluding carboxylic acids is 1. The Balaban J connectivity index is 1.70. The minimum absolute atomic E-state index is 0.0797. The fourth-order valence-corrected chi connectivity index (χ4v) is 3.06. The third-order valence-electron chi connectivity index (χ3n) is 4.41. The summed E-state index contributed by atoms with van der Waals surface area (Å²) in [7, 11) is 3.45. The normalized spacial score (nSPS) is 19.6. The van der Waals surface area contributed by atoms with Crippen molar-refractivity contribution in [3.8, 4) is 0 Å². The first kappa shape index (κ1) is 16.7. The van der Waals surface area contributed by atoms with Gasteiger partial charge in [-0.2, -0.15) is 4.98 Å². The summed E-state index contributed by atoms with van der Waals surface area (Å²) in [5.74, 6) is 0.965. The number of rotatable bonds is 4. The molecule has 3 rings (SSSR count). The molecule has 8 nitrogen and oxygen atoms in total. The van der Waals surface area contributed by atoms with Crippen molar-refractivity contribution < 1.29 is 14.1 Å². The molecule has 0 saturated carbocycles. The molecule has 8 heteroatoms. The second-order valence-corrected chi connectivity index (χ2v) is 6.26. The van der Waals surface area contributed by atoms with Crippen LogP contribution in [-0.2, 0) is 11.3 Å². The Bertz CT molecular complexity index is 723. The minimum atomic E-state index is -0.337. The largest absolute Gasteiger partial charge is 0.464 e. The van der Waals surface area contributed by atoms with Crippen LogP contribution < -0.4 is 0 Å². The predicted molar refractivity (Wildman–Crippen MR) is 86.6 cm³/mol. The highest BCUT2D eigenvalue weighted by Crippen LogP contribution is 2.24. The van der Waals surface area contributed by atoms with E-state index >= 15 is 0 Å². The zero-order valence-corrected chi connectivity index (χ0v) is 14.5. The number of carbonyl (C=O) groups is 1. The molecule has 0 spiro atoms. The minimum Gasteiger partial charge on any atom is -0.464 e. The second-order valence-electron chi connectivity index (χ2n) is 6.26. The van der Waals surface area contributed by atoms with E-state index in [0.717, 1.165) is 37.4 Å². The van der Waals surface area contributed by atoms with E-state index in [-0.39, 0.29) is 12.0 Å². The SMILES string of the molecule is COC(=O)c1[nH]c(CN2CCN(C)C(c3nc(C)no3)C2)cc1C. The molecule has 130 valence electrons. The monoisotopic (exact) mass is 333 g/mol. The van der Waals surface area contributed by atoms with Crippen molar-refractivity contribution in [1.29, 1.82) is 0 Å². The van der Waals surface area contributed by atoms with Crippen LogP contribution in [-0.4, -0.2) is 64.7 Å². The Kier molecular flexibility index (Phi) is 4.68. The predicted octanol–water partition coefficient (Wildman–Crippen LogP) is 1.29. The number of hydrogen-bond acceptors (Lipinski definition) is 7. The number of H-pyrrole nitrogens is 1. The van der Waals surface area contributed by atoms with E-state index in [1.807, 2.05) is 19.9 Å². The molecule has 2 aromatic rings. The van der Waals surface area contributed by atoms with Gasteiger partial charge in [0.1, 0.15) is 11.7 Å². The number of aryl methyl sites for hydroxylation is 2. The van der Waals surface area contributed by atoms with Crippen LogP contribution in [0.1, 0.15) is 39.5 Å². The number of nitrogens with one attached hydrogen (secondary N) is 1. The molecule has 0 aliphatic carbocycles. The van der Waals surface area contributed by atoms with Crippen LogP contribution in [0.15, 0.2) is 10.6 Å². The van der Waals surface area contributed by atoms with Crippen LogP contribution in [0, 0.1) is 13.8 Å². The molecule has 2 aromatic heterocycles. The standard InChI is InChI=1S/C16H23N5O3/c1-10-7-12(18-14(10)16(22)23-4)8-21-6-5-20(3)13(9-21)15-17-11(2)19-24-15/h7,13,18H,5-6,8-9H2,1-4H3. The molecule has 1 atom stereocenters. The summed E-state index contributed by atoms with van der Waals surface area (Å²) in [5, 5.41) is 3.89. The zero-order chi connectivity index (χ0) is 17.3. The highest BCUT2D eigenvalue weighted by Gasteiger charge is 2.30. The van der Waals surface area contributed by atoms with E-state index in [2.05, 4.69) is 32.0 Å². The summed E-state index contributed by atoms with van der Waals surface area (Å²) >= 11 is 0. The van der Waals surface area contributed by atoms with Gasteiger partial charge in [-0.25, -0.2) is 4.79 Å². The lowest BCUT2D eigenvalue weighted by Crippen LogP contribution is -2.46. The second kappa shape index (κ2) is 6.74. The smallest absolute Gasteiger partial charge is 0.354 e. The Hall–Kier alpha value is -2.19. The van der Waals surface area contributed by atoms with Crippen molar-refractivity contribution in [2.75, 3.05) is 33.8 Å². The molecule has 1 fully saturated rings.